The molecule has 4 nitrogen and oxygen atoms in total. The topological polar surface area (TPSA) is 55.1 Å². The lowest BCUT2D eigenvalue weighted by atomic mass is 9.98. The van der Waals surface area contributed by atoms with E-state index in [1.807, 2.05) is 37.3 Å². The van der Waals surface area contributed by atoms with Gasteiger partial charge in [-0.2, -0.15) is 0 Å². The number of halogens is 1. The molecule has 0 aliphatic rings. The van der Waals surface area contributed by atoms with Gasteiger partial charge in [-0.3, -0.25) is 4.79 Å². The second-order valence-electron chi connectivity index (χ2n) is 6.44. The van der Waals surface area contributed by atoms with Gasteiger partial charge in [-0.15, -0.1) is 0 Å². The van der Waals surface area contributed by atoms with Crippen LogP contribution in [0.1, 0.15) is 21.6 Å². The number of nitrogens with zero attached hydrogens (tertiary/aromatic N) is 1. The number of carbonyl (C=O) groups is 1. The van der Waals surface area contributed by atoms with E-state index in [0.29, 0.717) is 16.3 Å². The Morgan fingerprint density at radius 1 is 1.04 bits per heavy atom. The first-order valence-electron chi connectivity index (χ1n) is 8.56. The molecule has 5 heteroatoms. The van der Waals surface area contributed by atoms with Crippen molar-refractivity contribution in [1.29, 1.82) is 0 Å². The van der Waals surface area contributed by atoms with Gasteiger partial charge < -0.3 is 9.84 Å². The molecular weight excluding hydrogens is 360 g/mol. The van der Waals surface area contributed by atoms with Gasteiger partial charge in [0.25, 0.3) is 5.91 Å². The van der Waals surface area contributed by atoms with E-state index < -0.39 is 0 Å². The molecule has 0 fully saturated rings. The molecule has 1 amide bonds. The molecule has 0 spiro atoms. The van der Waals surface area contributed by atoms with Crippen molar-refractivity contribution in [1.82, 2.24) is 5.16 Å². The molecule has 0 saturated carbocycles. The Bertz CT molecular complexity index is 1150. The van der Waals surface area contributed by atoms with Crippen molar-refractivity contribution in [2.45, 2.75) is 13.8 Å². The number of amides is 1. The maximum Gasteiger partial charge on any atom is 0.257 e. The van der Waals surface area contributed by atoms with Gasteiger partial charge in [0.05, 0.1) is 16.3 Å². The first kappa shape index (κ1) is 17.3. The summed E-state index contributed by atoms with van der Waals surface area (Å²) in [5.41, 5.74) is 6.06. The van der Waals surface area contributed by atoms with Gasteiger partial charge in [0.15, 0.2) is 5.58 Å². The largest absolute Gasteiger partial charge is 0.356 e. The second kappa shape index (κ2) is 6.89. The predicted octanol–water partition coefficient (Wildman–Crippen LogP) is 6.02. The van der Waals surface area contributed by atoms with Crippen LogP contribution < -0.4 is 5.32 Å². The standard InChI is InChI=1S/C22H17ClN2O2/c1-13-11-19-14(2)25-27-21(19)12-18(13)15-7-9-16(10-8-15)24-22(26)17-5-3-4-6-20(17)23/h3-12H,1-2H3,(H,24,26). The molecule has 0 saturated heterocycles. The number of aryl methyl sites for hydroxylation is 2. The van der Waals surface area contributed by atoms with Crippen LogP contribution in [0, 0.1) is 13.8 Å². The van der Waals surface area contributed by atoms with Crippen LogP contribution in [0.2, 0.25) is 5.02 Å². The van der Waals surface area contributed by atoms with Crippen molar-refractivity contribution in [2.75, 3.05) is 5.32 Å². The van der Waals surface area contributed by atoms with Gasteiger partial charge in [-0.25, -0.2) is 0 Å². The molecule has 1 aromatic heterocycles. The molecule has 27 heavy (non-hydrogen) atoms. The van der Waals surface area contributed by atoms with Gasteiger partial charge in [0, 0.05) is 11.1 Å². The van der Waals surface area contributed by atoms with Crippen LogP contribution in [0.15, 0.2) is 65.2 Å². The molecule has 134 valence electrons. The van der Waals surface area contributed by atoms with Crippen LogP contribution in [-0.2, 0) is 0 Å². The molecule has 3 aromatic carbocycles. The van der Waals surface area contributed by atoms with Crippen LogP contribution in [-0.4, -0.2) is 11.1 Å². The van der Waals surface area contributed by atoms with Gasteiger partial charge in [0.2, 0.25) is 0 Å². The molecular formula is C22H17ClN2O2. The van der Waals surface area contributed by atoms with Crippen molar-refractivity contribution in [3.05, 3.63) is 82.5 Å². The number of anilines is 1. The highest BCUT2D eigenvalue weighted by atomic mass is 35.5. The third kappa shape index (κ3) is 3.32. The maximum absolute atomic E-state index is 12.4. The second-order valence-corrected chi connectivity index (χ2v) is 6.85. The van der Waals surface area contributed by atoms with Crippen LogP contribution in [0.4, 0.5) is 5.69 Å². The van der Waals surface area contributed by atoms with Crippen molar-refractivity contribution < 1.29 is 9.32 Å². The van der Waals surface area contributed by atoms with E-state index in [2.05, 4.69) is 23.5 Å². The van der Waals surface area contributed by atoms with E-state index in [-0.39, 0.29) is 5.91 Å². The highest BCUT2D eigenvalue weighted by Gasteiger charge is 2.12. The Morgan fingerprint density at radius 2 is 1.78 bits per heavy atom. The molecule has 0 aliphatic carbocycles. The molecule has 0 atom stereocenters. The molecule has 0 unspecified atom stereocenters. The van der Waals surface area contributed by atoms with Gasteiger partial charge in [-0.1, -0.05) is 41.0 Å². The Hall–Kier alpha value is -3.11. The average molecular weight is 377 g/mol. The Balaban J connectivity index is 1.60. The number of carbonyl (C=O) groups excluding carboxylic acids is 1. The average Bonchev–Trinajstić information content (AvgIpc) is 3.02. The highest BCUT2D eigenvalue weighted by Crippen LogP contribution is 2.30. The number of rotatable bonds is 3. The lowest BCUT2D eigenvalue weighted by molar-refractivity contribution is 0.102. The number of hydrogen-bond donors (Lipinski definition) is 1. The van der Waals surface area contributed by atoms with E-state index >= 15 is 0 Å². The summed E-state index contributed by atoms with van der Waals surface area (Å²) in [5, 5.41) is 8.35. The minimum absolute atomic E-state index is 0.233. The van der Waals surface area contributed by atoms with Crippen LogP contribution in [0.25, 0.3) is 22.1 Å². The van der Waals surface area contributed by atoms with Crippen LogP contribution >= 0.6 is 11.6 Å². The third-order valence-corrected chi connectivity index (χ3v) is 4.90. The van der Waals surface area contributed by atoms with Crippen molar-refractivity contribution in [3.63, 3.8) is 0 Å². The van der Waals surface area contributed by atoms with Gasteiger partial charge in [-0.05, 0) is 66.9 Å². The smallest absolute Gasteiger partial charge is 0.257 e. The summed E-state index contributed by atoms with van der Waals surface area (Å²) in [6, 6.07) is 18.8. The van der Waals surface area contributed by atoms with Gasteiger partial charge >= 0.3 is 0 Å². The van der Waals surface area contributed by atoms with Gasteiger partial charge in [0.1, 0.15) is 0 Å². The number of benzene rings is 3. The minimum Gasteiger partial charge on any atom is -0.356 e. The lowest BCUT2D eigenvalue weighted by Gasteiger charge is -2.09. The van der Waals surface area contributed by atoms with Crippen molar-refractivity contribution in [2.24, 2.45) is 0 Å². The molecule has 1 N–H and O–H groups in total. The summed E-state index contributed by atoms with van der Waals surface area (Å²) < 4.78 is 5.38. The molecule has 0 bridgehead atoms. The summed E-state index contributed by atoms with van der Waals surface area (Å²) in [5.74, 6) is -0.233. The normalized spacial score (nSPS) is 10.9. The summed E-state index contributed by atoms with van der Waals surface area (Å²) in [4.78, 5) is 12.4. The SMILES string of the molecule is Cc1cc2c(C)noc2cc1-c1ccc(NC(=O)c2ccccc2Cl)cc1. The predicted molar refractivity (Wildman–Crippen MR) is 108 cm³/mol. The minimum atomic E-state index is -0.233. The molecule has 4 rings (SSSR count). The van der Waals surface area contributed by atoms with Crippen molar-refractivity contribution in [3.8, 4) is 11.1 Å². The number of hydrogen-bond acceptors (Lipinski definition) is 3. The van der Waals surface area contributed by atoms with E-state index in [4.69, 9.17) is 16.1 Å². The summed E-state index contributed by atoms with van der Waals surface area (Å²) in [6.45, 7) is 4.00. The molecule has 1 heterocycles. The number of fused-ring (bicyclic) bond motifs is 1. The Labute approximate surface area is 161 Å². The lowest BCUT2D eigenvalue weighted by Crippen LogP contribution is -2.12. The monoisotopic (exact) mass is 376 g/mol. The van der Waals surface area contributed by atoms with Crippen molar-refractivity contribution >= 4 is 34.2 Å². The number of nitrogens with one attached hydrogen (secondary N) is 1. The van der Waals surface area contributed by atoms with E-state index in [1.165, 1.54) is 0 Å². The first-order valence-corrected chi connectivity index (χ1v) is 8.93. The summed E-state index contributed by atoms with van der Waals surface area (Å²) in [6.07, 6.45) is 0. The third-order valence-electron chi connectivity index (χ3n) is 4.57. The maximum atomic E-state index is 12.4. The molecule has 4 aromatic rings. The van der Waals surface area contributed by atoms with Crippen LogP contribution in [0.3, 0.4) is 0 Å². The zero-order valence-electron chi connectivity index (χ0n) is 14.9. The number of aromatic nitrogens is 1. The fraction of sp³-hybridized carbons (Fsp3) is 0.0909. The van der Waals surface area contributed by atoms with E-state index in [1.54, 1.807) is 24.3 Å². The summed E-state index contributed by atoms with van der Waals surface area (Å²) in [7, 11) is 0. The van der Waals surface area contributed by atoms with Crippen LogP contribution in [0.5, 0.6) is 0 Å². The highest BCUT2D eigenvalue weighted by molar-refractivity contribution is 6.34. The summed E-state index contributed by atoms with van der Waals surface area (Å²) >= 11 is 6.08. The van der Waals surface area contributed by atoms with E-state index in [9.17, 15) is 4.79 Å². The Morgan fingerprint density at radius 3 is 2.52 bits per heavy atom. The first-order chi connectivity index (χ1) is 13.0. The zero-order valence-corrected chi connectivity index (χ0v) is 15.7. The van der Waals surface area contributed by atoms with E-state index in [0.717, 1.165) is 33.4 Å². The zero-order chi connectivity index (χ0) is 19.0. The quantitative estimate of drug-likeness (QED) is 0.475. The Kier molecular flexibility index (Phi) is 4.42. The molecule has 0 aliphatic heterocycles. The fourth-order valence-electron chi connectivity index (χ4n) is 3.10. The fourth-order valence-corrected chi connectivity index (χ4v) is 3.32. The molecule has 0 radical (unpaired) electrons.